The van der Waals surface area contributed by atoms with Gasteiger partial charge < -0.3 is 15.7 Å². The maximum atomic E-state index is 11.5. The van der Waals surface area contributed by atoms with E-state index in [-0.39, 0.29) is 6.54 Å². The molecule has 0 bridgehead atoms. The molecule has 0 fully saturated rings. The normalized spacial score (nSPS) is 12.0. The molecule has 1 rings (SSSR count). The summed E-state index contributed by atoms with van der Waals surface area (Å²) < 4.78 is 2.63. The first-order valence-corrected chi connectivity index (χ1v) is 6.65. The Hall–Kier alpha value is -1.57. The van der Waals surface area contributed by atoms with E-state index in [1.807, 2.05) is 13.8 Å². The van der Waals surface area contributed by atoms with Crippen molar-refractivity contribution in [2.75, 3.05) is 0 Å². The zero-order chi connectivity index (χ0) is 14.6. The van der Waals surface area contributed by atoms with E-state index in [2.05, 4.69) is 31.7 Å². The van der Waals surface area contributed by atoms with Crippen molar-refractivity contribution in [2.45, 2.75) is 39.9 Å². The van der Waals surface area contributed by atoms with Crippen LogP contribution in [0.4, 0.5) is 4.79 Å². The minimum Gasteiger partial charge on any atom is -0.480 e. The van der Waals surface area contributed by atoms with Gasteiger partial charge in [-0.1, -0.05) is 0 Å². The van der Waals surface area contributed by atoms with E-state index in [9.17, 15) is 9.59 Å². The molecule has 0 spiro atoms. The summed E-state index contributed by atoms with van der Waals surface area (Å²) in [6.07, 6.45) is 0. The van der Waals surface area contributed by atoms with E-state index < -0.39 is 18.0 Å². The lowest BCUT2D eigenvalue weighted by Gasteiger charge is -2.11. The summed E-state index contributed by atoms with van der Waals surface area (Å²) >= 11 is 3.42. The number of carbonyl (C=O) groups is 2. The topological polar surface area (TPSA) is 96.3 Å². The number of carbonyl (C=O) groups excluding carboxylic acids is 1. The standard InChI is InChI=1S/C11H17BrN4O3/c1-4-16-8(9(12)6(2)15-16)5-13-11(19)14-7(3)10(17)18/h7H,4-5H2,1-3H3,(H,17,18)(H2,13,14,19). The number of carboxylic acid groups (broad SMARTS) is 1. The Morgan fingerprint density at radius 2 is 2.16 bits per heavy atom. The molecule has 1 aromatic heterocycles. The van der Waals surface area contributed by atoms with Gasteiger partial charge in [-0.05, 0) is 36.7 Å². The van der Waals surface area contributed by atoms with Crippen molar-refractivity contribution < 1.29 is 14.7 Å². The predicted octanol–water partition coefficient (Wildman–Crippen LogP) is 1.25. The van der Waals surface area contributed by atoms with E-state index in [0.29, 0.717) is 6.54 Å². The average molecular weight is 333 g/mol. The molecule has 7 nitrogen and oxygen atoms in total. The van der Waals surface area contributed by atoms with Crippen molar-refractivity contribution in [2.24, 2.45) is 0 Å². The third-order valence-corrected chi connectivity index (χ3v) is 3.62. The van der Waals surface area contributed by atoms with Crippen LogP contribution in [0.25, 0.3) is 0 Å². The Balaban J connectivity index is 2.62. The average Bonchev–Trinajstić information content (AvgIpc) is 2.62. The second-order valence-corrected chi connectivity index (χ2v) is 4.84. The summed E-state index contributed by atoms with van der Waals surface area (Å²) in [5.74, 6) is -1.08. The number of rotatable bonds is 5. The van der Waals surface area contributed by atoms with Crippen LogP contribution < -0.4 is 10.6 Å². The molecular formula is C11H17BrN4O3. The summed E-state index contributed by atoms with van der Waals surface area (Å²) in [6, 6.07) is -1.45. The number of aliphatic carboxylic acids is 1. The fraction of sp³-hybridized carbons (Fsp3) is 0.545. The third-order valence-electron chi connectivity index (χ3n) is 2.59. The number of urea groups is 1. The fourth-order valence-electron chi connectivity index (χ4n) is 1.51. The number of aromatic nitrogens is 2. The molecule has 1 atom stereocenters. The largest absolute Gasteiger partial charge is 0.480 e. The van der Waals surface area contributed by atoms with Gasteiger partial charge in [-0.25, -0.2) is 4.79 Å². The summed E-state index contributed by atoms with van der Waals surface area (Å²) in [6.45, 7) is 6.18. The van der Waals surface area contributed by atoms with Gasteiger partial charge in [0.25, 0.3) is 0 Å². The monoisotopic (exact) mass is 332 g/mol. The molecule has 0 aromatic carbocycles. The van der Waals surface area contributed by atoms with Crippen molar-refractivity contribution in [3.63, 3.8) is 0 Å². The van der Waals surface area contributed by atoms with Crippen molar-refractivity contribution >= 4 is 27.9 Å². The number of amides is 2. The number of hydrogen-bond acceptors (Lipinski definition) is 3. The number of nitrogens with one attached hydrogen (secondary N) is 2. The second kappa shape index (κ2) is 6.55. The highest BCUT2D eigenvalue weighted by Crippen LogP contribution is 2.20. The molecule has 3 N–H and O–H groups in total. The quantitative estimate of drug-likeness (QED) is 0.755. The van der Waals surface area contributed by atoms with Crippen LogP contribution in [0, 0.1) is 6.92 Å². The summed E-state index contributed by atoms with van der Waals surface area (Å²) in [5.41, 5.74) is 1.69. The van der Waals surface area contributed by atoms with Crippen LogP contribution in [0.3, 0.4) is 0 Å². The first-order valence-electron chi connectivity index (χ1n) is 5.85. The molecule has 1 unspecified atom stereocenters. The smallest absolute Gasteiger partial charge is 0.325 e. The lowest BCUT2D eigenvalue weighted by molar-refractivity contribution is -0.138. The van der Waals surface area contributed by atoms with E-state index >= 15 is 0 Å². The highest BCUT2D eigenvalue weighted by Gasteiger charge is 2.16. The maximum absolute atomic E-state index is 11.5. The van der Waals surface area contributed by atoms with Crippen LogP contribution >= 0.6 is 15.9 Å². The summed E-state index contributed by atoms with van der Waals surface area (Å²) in [5, 5.41) is 17.9. The number of halogens is 1. The van der Waals surface area contributed by atoms with Crippen LogP contribution in [0.15, 0.2) is 4.47 Å². The van der Waals surface area contributed by atoms with Gasteiger partial charge >= 0.3 is 12.0 Å². The molecule has 2 amide bonds. The predicted molar refractivity (Wildman–Crippen MR) is 72.8 cm³/mol. The number of nitrogens with zero attached hydrogens (tertiary/aromatic N) is 2. The second-order valence-electron chi connectivity index (χ2n) is 4.05. The Morgan fingerprint density at radius 1 is 1.53 bits per heavy atom. The van der Waals surface area contributed by atoms with Gasteiger partial charge in [-0.3, -0.25) is 9.48 Å². The van der Waals surface area contributed by atoms with E-state index in [1.165, 1.54) is 6.92 Å². The SMILES string of the molecule is CCn1nc(C)c(Br)c1CNC(=O)NC(C)C(=O)O. The zero-order valence-electron chi connectivity index (χ0n) is 11.0. The molecule has 19 heavy (non-hydrogen) atoms. The first-order chi connectivity index (χ1) is 8.86. The minimum atomic E-state index is -1.08. The molecule has 0 radical (unpaired) electrons. The van der Waals surface area contributed by atoms with Gasteiger partial charge in [0.2, 0.25) is 0 Å². The van der Waals surface area contributed by atoms with Gasteiger partial charge in [0.05, 0.1) is 22.4 Å². The molecule has 8 heteroatoms. The van der Waals surface area contributed by atoms with Crippen LogP contribution in [0.5, 0.6) is 0 Å². The van der Waals surface area contributed by atoms with E-state index in [0.717, 1.165) is 15.9 Å². The highest BCUT2D eigenvalue weighted by atomic mass is 79.9. The van der Waals surface area contributed by atoms with Crippen LogP contribution in [-0.4, -0.2) is 32.9 Å². The molecule has 0 aliphatic carbocycles. The maximum Gasteiger partial charge on any atom is 0.325 e. The number of aryl methyl sites for hydroxylation is 2. The van der Waals surface area contributed by atoms with Gasteiger partial charge in [0.15, 0.2) is 0 Å². The van der Waals surface area contributed by atoms with E-state index in [1.54, 1.807) is 4.68 Å². The fourth-order valence-corrected chi connectivity index (χ4v) is 1.94. The van der Waals surface area contributed by atoms with Crippen molar-refractivity contribution in [3.8, 4) is 0 Å². The minimum absolute atomic E-state index is 0.271. The van der Waals surface area contributed by atoms with Gasteiger partial charge in [-0.15, -0.1) is 0 Å². The zero-order valence-corrected chi connectivity index (χ0v) is 12.6. The third kappa shape index (κ3) is 3.95. The highest BCUT2D eigenvalue weighted by molar-refractivity contribution is 9.10. The van der Waals surface area contributed by atoms with Crippen LogP contribution in [0.2, 0.25) is 0 Å². The molecule has 106 valence electrons. The Kier molecular flexibility index (Phi) is 5.34. The van der Waals surface area contributed by atoms with Crippen molar-refractivity contribution in [3.05, 3.63) is 15.9 Å². The van der Waals surface area contributed by atoms with Gasteiger partial charge in [0.1, 0.15) is 6.04 Å². The Bertz CT molecular complexity index is 487. The van der Waals surface area contributed by atoms with Crippen LogP contribution in [0.1, 0.15) is 25.2 Å². The number of carboxylic acids is 1. The molecule has 0 aliphatic heterocycles. The van der Waals surface area contributed by atoms with Crippen LogP contribution in [-0.2, 0) is 17.9 Å². The summed E-state index contributed by atoms with van der Waals surface area (Å²) in [7, 11) is 0. The van der Waals surface area contributed by atoms with Gasteiger partial charge in [-0.2, -0.15) is 5.10 Å². The molecule has 0 saturated heterocycles. The molecule has 1 aromatic rings. The van der Waals surface area contributed by atoms with Crippen molar-refractivity contribution in [1.82, 2.24) is 20.4 Å². The Morgan fingerprint density at radius 3 is 2.68 bits per heavy atom. The lowest BCUT2D eigenvalue weighted by Crippen LogP contribution is -2.44. The lowest BCUT2D eigenvalue weighted by atomic mass is 10.3. The summed E-state index contributed by atoms with van der Waals surface area (Å²) in [4.78, 5) is 22.1. The molecule has 0 aliphatic rings. The van der Waals surface area contributed by atoms with E-state index in [4.69, 9.17) is 5.11 Å². The molecule has 1 heterocycles. The van der Waals surface area contributed by atoms with Crippen molar-refractivity contribution in [1.29, 1.82) is 0 Å². The first kappa shape index (κ1) is 15.5. The molecular weight excluding hydrogens is 316 g/mol. The number of hydrogen-bond donors (Lipinski definition) is 3. The Labute approximate surface area is 119 Å². The molecule has 0 saturated carbocycles. The van der Waals surface area contributed by atoms with Gasteiger partial charge in [0, 0.05) is 6.54 Å².